The highest BCUT2D eigenvalue weighted by atomic mass is 16.5. The van der Waals surface area contributed by atoms with Crippen LogP contribution >= 0.6 is 0 Å². The van der Waals surface area contributed by atoms with E-state index in [2.05, 4.69) is 17.2 Å². The zero-order valence-electron chi connectivity index (χ0n) is 11.5. The number of carbonyl (C=O) groups excluding carboxylic acids is 1. The molecular formula is C15H22N2O2. The fraction of sp³-hybridized carbons (Fsp3) is 0.600. The lowest BCUT2D eigenvalue weighted by Gasteiger charge is -2.08. The van der Waals surface area contributed by atoms with Gasteiger partial charge in [-0.15, -0.1) is 0 Å². The molecule has 0 saturated carbocycles. The molecule has 1 saturated heterocycles. The molecule has 19 heavy (non-hydrogen) atoms. The summed E-state index contributed by atoms with van der Waals surface area (Å²) >= 11 is 0. The summed E-state index contributed by atoms with van der Waals surface area (Å²) < 4.78 is 5.50. The number of nitrogens with zero attached hydrogens (tertiary/aromatic N) is 1. The molecule has 1 unspecified atom stereocenters. The standard InChI is InChI=1S/C15H22N2O2/c1-2-7-19-14-8-13(10-17-11-14)15(18)4-3-12-5-6-16-9-12/h8,10-12,16H,2-7,9H2,1H3. The molecule has 0 aliphatic carbocycles. The zero-order valence-corrected chi connectivity index (χ0v) is 11.5. The van der Waals surface area contributed by atoms with Gasteiger partial charge in [0.2, 0.25) is 0 Å². The number of rotatable bonds is 7. The van der Waals surface area contributed by atoms with E-state index < -0.39 is 0 Å². The van der Waals surface area contributed by atoms with Gasteiger partial charge in [0.25, 0.3) is 0 Å². The van der Waals surface area contributed by atoms with Crippen molar-refractivity contribution in [2.24, 2.45) is 5.92 Å². The number of Topliss-reactive ketones (excluding diaryl/α,β-unsaturated/α-hetero) is 1. The quantitative estimate of drug-likeness (QED) is 0.767. The van der Waals surface area contributed by atoms with Crippen LogP contribution in [0.3, 0.4) is 0 Å². The Kier molecular flexibility index (Phi) is 5.33. The molecule has 2 heterocycles. The molecule has 0 aromatic carbocycles. The predicted molar refractivity (Wildman–Crippen MR) is 74.6 cm³/mol. The second-order valence-corrected chi connectivity index (χ2v) is 5.08. The van der Waals surface area contributed by atoms with Crippen LogP contribution in [0.5, 0.6) is 5.75 Å². The third kappa shape index (κ3) is 4.31. The third-order valence-corrected chi connectivity index (χ3v) is 3.45. The second-order valence-electron chi connectivity index (χ2n) is 5.08. The summed E-state index contributed by atoms with van der Waals surface area (Å²) in [4.78, 5) is 16.2. The second kappa shape index (κ2) is 7.24. The summed E-state index contributed by atoms with van der Waals surface area (Å²) in [6.07, 6.45) is 7.00. The van der Waals surface area contributed by atoms with Gasteiger partial charge in [0.1, 0.15) is 5.75 Å². The van der Waals surface area contributed by atoms with Crippen molar-refractivity contribution in [3.63, 3.8) is 0 Å². The van der Waals surface area contributed by atoms with Gasteiger partial charge in [-0.05, 0) is 44.3 Å². The van der Waals surface area contributed by atoms with Gasteiger partial charge in [-0.3, -0.25) is 9.78 Å². The monoisotopic (exact) mass is 262 g/mol. The van der Waals surface area contributed by atoms with E-state index in [1.165, 1.54) is 6.42 Å². The highest BCUT2D eigenvalue weighted by molar-refractivity contribution is 5.96. The van der Waals surface area contributed by atoms with Crippen LogP contribution < -0.4 is 10.1 Å². The summed E-state index contributed by atoms with van der Waals surface area (Å²) in [7, 11) is 0. The third-order valence-electron chi connectivity index (χ3n) is 3.45. The fourth-order valence-electron chi connectivity index (χ4n) is 2.31. The van der Waals surface area contributed by atoms with Crippen LogP contribution in [0.15, 0.2) is 18.5 Å². The number of hydrogen-bond acceptors (Lipinski definition) is 4. The van der Waals surface area contributed by atoms with Crippen LogP contribution in [0.1, 0.15) is 43.0 Å². The number of ether oxygens (including phenoxy) is 1. The number of carbonyl (C=O) groups is 1. The normalized spacial score (nSPS) is 18.5. The number of pyridine rings is 1. The average molecular weight is 262 g/mol. The van der Waals surface area contributed by atoms with Gasteiger partial charge in [-0.25, -0.2) is 0 Å². The van der Waals surface area contributed by atoms with Crippen LogP contribution in [0.25, 0.3) is 0 Å². The smallest absolute Gasteiger partial charge is 0.164 e. The summed E-state index contributed by atoms with van der Waals surface area (Å²) in [6, 6.07) is 1.80. The molecule has 1 aromatic rings. The van der Waals surface area contributed by atoms with Crippen molar-refractivity contribution < 1.29 is 9.53 Å². The van der Waals surface area contributed by atoms with Gasteiger partial charge in [-0.2, -0.15) is 0 Å². The van der Waals surface area contributed by atoms with Crippen LogP contribution in [0.4, 0.5) is 0 Å². The number of ketones is 1. The molecule has 1 aliphatic rings. The predicted octanol–water partition coefficient (Wildman–Crippen LogP) is 2.44. The minimum atomic E-state index is 0.168. The fourth-order valence-corrected chi connectivity index (χ4v) is 2.31. The molecule has 1 N–H and O–H groups in total. The van der Waals surface area contributed by atoms with E-state index in [0.29, 0.717) is 30.3 Å². The maximum absolute atomic E-state index is 12.1. The van der Waals surface area contributed by atoms with E-state index in [4.69, 9.17) is 4.74 Å². The van der Waals surface area contributed by atoms with Crippen LogP contribution in [0, 0.1) is 5.92 Å². The van der Waals surface area contributed by atoms with Gasteiger partial charge >= 0.3 is 0 Å². The van der Waals surface area contributed by atoms with Gasteiger partial charge in [0.05, 0.1) is 12.8 Å². The molecule has 1 fully saturated rings. The maximum atomic E-state index is 12.1. The van der Waals surface area contributed by atoms with E-state index in [0.717, 1.165) is 25.9 Å². The average Bonchev–Trinajstić information content (AvgIpc) is 2.96. The lowest BCUT2D eigenvalue weighted by atomic mass is 9.99. The number of hydrogen-bond donors (Lipinski definition) is 1. The first-order valence-corrected chi connectivity index (χ1v) is 7.11. The molecule has 1 aromatic heterocycles. The largest absolute Gasteiger partial charge is 0.492 e. The molecule has 4 heteroatoms. The Bertz CT molecular complexity index is 414. The Labute approximate surface area is 114 Å². The Morgan fingerprint density at radius 3 is 3.16 bits per heavy atom. The summed E-state index contributed by atoms with van der Waals surface area (Å²) in [5.41, 5.74) is 0.666. The molecule has 0 spiro atoms. The molecule has 0 bridgehead atoms. The van der Waals surface area contributed by atoms with Crippen molar-refractivity contribution in [3.05, 3.63) is 24.0 Å². The molecule has 4 nitrogen and oxygen atoms in total. The SMILES string of the molecule is CCCOc1cncc(C(=O)CCC2CCNC2)c1. The van der Waals surface area contributed by atoms with Gasteiger partial charge in [0.15, 0.2) is 5.78 Å². The topological polar surface area (TPSA) is 51.2 Å². The number of nitrogens with one attached hydrogen (secondary N) is 1. The zero-order chi connectivity index (χ0) is 13.5. The minimum Gasteiger partial charge on any atom is -0.492 e. The molecule has 0 amide bonds. The minimum absolute atomic E-state index is 0.168. The molecule has 0 radical (unpaired) electrons. The Hall–Kier alpha value is -1.42. The summed E-state index contributed by atoms with van der Waals surface area (Å²) in [5.74, 6) is 1.51. The summed E-state index contributed by atoms with van der Waals surface area (Å²) in [5, 5.41) is 3.32. The van der Waals surface area contributed by atoms with Crippen LogP contribution in [-0.4, -0.2) is 30.5 Å². The van der Waals surface area contributed by atoms with Crippen molar-refractivity contribution >= 4 is 5.78 Å². The highest BCUT2D eigenvalue weighted by Gasteiger charge is 2.16. The highest BCUT2D eigenvalue weighted by Crippen LogP contribution is 2.18. The first-order valence-electron chi connectivity index (χ1n) is 7.11. The van der Waals surface area contributed by atoms with Crippen molar-refractivity contribution in [2.75, 3.05) is 19.7 Å². The van der Waals surface area contributed by atoms with Crippen molar-refractivity contribution in [1.29, 1.82) is 0 Å². The number of aromatic nitrogens is 1. The van der Waals surface area contributed by atoms with E-state index in [1.807, 2.05) is 0 Å². The van der Waals surface area contributed by atoms with E-state index in [1.54, 1.807) is 18.5 Å². The Morgan fingerprint density at radius 2 is 2.42 bits per heavy atom. The molecular weight excluding hydrogens is 240 g/mol. The van der Waals surface area contributed by atoms with Crippen LogP contribution in [-0.2, 0) is 0 Å². The lowest BCUT2D eigenvalue weighted by Crippen LogP contribution is -2.10. The van der Waals surface area contributed by atoms with E-state index >= 15 is 0 Å². The Morgan fingerprint density at radius 1 is 1.53 bits per heavy atom. The first kappa shape index (κ1) is 14.0. The molecule has 104 valence electrons. The molecule has 1 atom stereocenters. The van der Waals surface area contributed by atoms with Crippen molar-refractivity contribution in [3.8, 4) is 5.75 Å². The maximum Gasteiger partial charge on any atom is 0.164 e. The van der Waals surface area contributed by atoms with Gasteiger partial charge in [-0.1, -0.05) is 6.92 Å². The first-order chi connectivity index (χ1) is 9.29. The van der Waals surface area contributed by atoms with Gasteiger partial charge < -0.3 is 10.1 Å². The van der Waals surface area contributed by atoms with Crippen molar-refractivity contribution in [1.82, 2.24) is 10.3 Å². The van der Waals surface area contributed by atoms with Crippen molar-refractivity contribution in [2.45, 2.75) is 32.6 Å². The van der Waals surface area contributed by atoms with E-state index in [-0.39, 0.29) is 5.78 Å². The summed E-state index contributed by atoms with van der Waals surface area (Å²) in [6.45, 7) is 4.84. The Balaban J connectivity index is 1.86. The van der Waals surface area contributed by atoms with E-state index in [9.17, 15) is 4.79 Å². The molecule has 2 rings (SSSR count). The molecule has 1 aliphatic heterocycles. The lowest BCUT2D eigenvalue weighted by molar-refractivity contribution is 0.0974. The van der Waals surface area contributed by atoms with Gasteiger partial charge in [0, 0.05) is 18.2 Å². The van der Waals surface area contributed by atoms with Crippen LogP contribution in [0.2, 0.25) is 0 Å².